The number of rotatable bonds is 4. The van der Waals surface area contributed by atoms with Crippen LogP contribution in [-0.4, -0.2) is 49.4 Å². The van der Waals surface area contributed by atoms with Gasteiger partial charge in [0.05, 0.1) is 29.5 Å². The molecule has 0 unspecified atom stereocenters. The van der Waals surface area contributed by atoms with E-state index >= 15 is 0 Å². The van der Waals surface area contributed by atoms with Crippen molar-refractivity contribution >= 4 is 11.8 Å². The minimum Gasteiger partial charge on any atom is -0.346 e. The third-order valence-electron chi connectivity index (χ3n) is 4.46. The number of hydrogen-bond acceptors (Lipinski definition) is 4. The summed E-state index contributed by atoms with van der Waals surface area (Å²) >= 11 is 0. The Morgan fingerprint density at radius 3 is 2.67 bits per heavy atom. The molecule has 24 heavy (non-hydrogen) atoms. The molecule has 0 spiro atoms. The van der Waals surface area contributed by atoms with E-state index < -0.39 is 0 Å². The number of amides is 2. The topological polar surface area (TPSA) is 85.0 Å². The Morgan fingerprint density at radius 2 is 2.08 bits per heavy atom. The molecule has 3 heterocycles. The summed E-state index contributed by atoms with van der Waals surface area (Å²) in [6.07, 6.45) is 5.24. The number of likely N-dealkylation sites (tertiary alicyclic amines) is 1. The average molecular weight is 330 g/mol. The number of hydrogen-bond donors (Lipinski definition) is 1. The van der Waals surface area contributed by atoms with Crippen molar-refractivity contribution in [2.75, 3.05) is 7.05 Å². The van der Waals surface area contributed by atoms with Crippen molar-refractivity contribution in [2.45, 2.75) is 38.4 Å². The summed E-state index contributed by atoms with van der Waals surface area (Å²) in [5.74, 6) is -0.216. The maximum atomic E-state index is 12.5. The van der Waals surface area contributed by atoms with Crippen LogP contribution in [0.4, 0.5) is 0 Å². The highest BCUT2D eigenvalue weighted by molar-refractivity contribution is 5.94. The van der Waals surface area contributed by atoms with Crippen molar-refractivity contribution < 1.29 is 9.59 Å². The van der Waals surface area contributed by atoms with Gasteiger partial charge in [-0.15, -0.1) is 0 Å². The summed E-state index contributed by atoms with van der Waals surface area (Å²) in [7, 11) is 3.58. The predicted octanol–water partition coefficient (Wildman–Crippen LogP) is 0.899. The molecule has 2 aromatic heterocycles. The molecule has 2 atom stereocenters. The highest BCUT2D eigenvalue weighted by atomic mass is 16.2. The van der Waals surface area contributed by atoms with E-state index in [1.165, 1.54) is 0 Å². The summed E-state index contributed by atoms with van der Waals surface area (Å²) in [5, 5.41) is 11.3. The summed E-state index contributed by atoms with van der Waals surface area (Å²) in [6, 6.07) is 1.53. The smallest absolute Gasteiger partial charge is 0.254 e. The van der Waals surface area contributed by atoms with Crippen molar-refractivity contribution in [1.82, 2.24) is 29.8 Å². The van der Waals surface area contributed by atoms with Crippen LogP contribution < -0.4 is 5.32 Å². The molecule has 2 aromatic rings. The Kier molecular flexibility index (Phi) is 4.13. The minimum absolute atomic E-state index is 0.00405. The van der Waals surface area contributed by atoms with Crippen LogP contribution in [0.5, 0.6) is 0 Å². The monoisotopic (exact) mass is 330 g/mol. The van der Waals surface area contributed by atoms with Gasteiger partial charge in [0.1, 0.15) is 0 Å². The fraction of sp³-hybridized carbons (Fsp3) is 0.500. The molecule has 0 saturated carbocycles. The number of likely N-dealkylation sites (N-methyl/N-ethyl adjacent to an activating group) is 1. The van der Waals surface area contributed by atoms with Crippen LogP contribution in [0.25, 0.3) is 0 Å². The maximum absolute atomic E-state index is 12.5. The third kappa shape index (κ3) is 2.79. The molecule has 0 radical (unpaired) electrons. The molecule has 1 saturated heterocycles. The molecule has 0 aliphatic carbocycles. The number of aryl methyl sites for hydroxylation is 1. The first-order valence-corrected chi connectivity index (χ1v) is 7.97. The lowest BCUT2D eigenvalue weighted by Crippen LogP contribution is -2.39. The summed E-state index contributed by atoms with van der Waals surface area (Å²) in [5.41, 5.74) is 1.39. The second-order valence-corrected chi connectivity index (χ2v) is 6.42. The fourth-order valence-electron chi connectivity index (χ4n) is 3.07. The molecule has 0 aromatic carbocycles. The second kappa shape index (κ2) is 6.10. The average Bonchev–Trinajstić information content (AvgIpc) is 3.21. The van der Waals surface area contributed by atoms with Crippen LogP contribution in [0.3, 0.4) is 0 Å². The van der Waals surface area contributed by atoms with E-state index in [0.717, 1.165) is 5.69 Å². The number of carbonyl (C=O) groups is 2. The number of aromatic nitrogens is 4. The molecule has 8 heteroatoms. The predicted molar refractivity (Wildman–Crippen MR) is 87.2 cm³/mol. The van der Waals surface area contributed by atoms with Gasteiger partial charge in [-0.1, -0.05) is 0 Å². The van der Waals surface area contributed by atoms with Gasteiger partial charge in [0.25, 0.3) is 5.91 Å². The zero-order chi connectivity index (χ0) is 17.4. The van der Waals surface area contributed by atoms with Gasteiger partial charge in [0.15, 0.2) is 0 Å². The first-order chi connectivity index (χ1) is 11.4. The van der Waals surface area contributed by atoms with Gasteiger partial charge in [-0.3, -0.25) is 19.0 Å². The molecule has 1 aliphatic rings. The zero-order valence-electron chi connectivity index (χ0n) is 14.3. The number of nitrogens with zero attached hydrogens (tertiary/aromatic N) is 5. The molecule has 128 valence electrons. The van der Waals surface area contributed by atoms with Crippen molar-refractivity contribution in [2.24, 2.45) is 7.05 Å². The lowest BCUT2D eigenvalue weighted by molar-refractivity contribution is -0.127. The van der Waals surface area contributed by atoms with Crippen molar-refractivity contribution in [3.63, 3.8) is 0 Å². The molecule has 8 nitrogen and oxygen atoms in total. The first-order valence-electron chi connectivity index (χ1n) is 7.97. The van der Waals surface area contributed by atoms with E-state index in [4.69, 9.17) is 0 Å². The van der Waals surface area contributed by atoms with Crippen LogP contribution in [0.15, 0.2) is 24.7 Å². The largest absolute Gasteiger partial charge is 0.346 e. The van der Waals surface area contributed by atoms with Gasteiger partial charge in [0, 0.05) is 39.0 Å². The SMILES string of the molecule is CC(C)n1cc(C(=O)N[C@@H]2CC(=O)N(C)[C@H]2c2ccnn2C)cn1. The minimum atomic E-state index is -0.298. The van der Waals surface area contributed by atoms with Crippen LogP contribution in [0, 0.1) is 0 Å². The van der Waals surface area contributed by atoms with E-state index in [0.29, 0.717) is 5.56 Å². The lowest BCUT2D eigenvalue weighted by Gasteiger charge is -2.25. The Hall–Kier alpha value is -2.64. The van der Waals surface area contributed by atoms with Crippen LogP contribution >= 0.6 is 0 Å². The van der Waals surface area contributed by atoms with Crippen molar-refractivity contribution in [3.8, 4) is 0 Å². The Balaban J connectivity index is 1.80. The zero-order valence-corrected chi connectivity index (χ0v) is 14.3. The molecule has 0 bridgehead atoms. The van der Waals surface area contributed by atoms with Crippen LogP contribution in [0.2, 0.25) is 0 Å². The van der Waals surface area contributed by atoms with E-state index in [1.807, 2.05) is 27.0 Å². The highest BCUT2D eigenvalue weighted by Gasteiger charge is 2.40. The molecule has 3 rings (SSSR count). The summed E-state index contributed by atoms with van der Waals surface area (Å²) in [4.78, 5) is 26.3. The van der Waals surface area contributed by atoms with Gasteiger partial charge >= 0.3 is 0 Å². The standard InChI is InChI=1S/C16H22N6O2/c1-10(2)22-9-11(8-18-22)16(24)19-12-7-14(23)20(3)15(12)13-5-6-17-21(13)4/h5-6,8-10,12,15H,7H2,1-4H3,(H,19,24)/t12-,15-/m1/s1. The molecule has 1 fully saturated rings. The van der Waals surface area contributed by atoms with Crippen molar-refractivity contribution in [1.29, 1.82) is 0 Å². The van der Waals surface area contributed by atoms with Gasteiger partial charge in [0.2, 0.25) is 5.91 Å². The quantitative estimate of drug-likeness (QED) is 0.902. The van der Waals surface area contributed by atoms with Crippen molar-refractivity contribution in [3.05, 3.63) is 35.9 Å². The third-order valence-corrected chi connectivity index (χ3v) is 4.46. The number of carbonyl (C=O) groups excluding carboxylic acids is 2. The van der Waals surface area contributed by atoms with Crippen LogP contribution in [-0.2, 0) is 11.8 Å². The van der Waals surface area contributed by atoms with Gasteiger partial charge in [-0.25, -0.2) is 0 Å². The van der Waals surface area contributed by atoms with E-state index in [2.05, 4.69) is 15.5 Å². The van der Waals surface area contributed by atoms with Gasteiger partial charge in [-0.2, -0.15) is 10.2 Å². The highest BCUT2D eigenvalue weighted by Crippen LogP contribution is 2.31. The summed E-state index contributed by atoms with van der Waals surface area (Å²) in [6.45, 7) is 4.00. The molecule has 2 amide bonds. The van der Waals surface area contributed by atoms with Gasteiger partial charge < -0.3 is 10.2 Å². The first kappa shape index (κ1) is 16.2. The van der Waals surface area contributed by atoms with Crippen LogP contribution in [0.1, 0.15) is 48.4 Å². The fourth-order valence-corrected chi connectivity index (χ4v) is 3.07. The van der Waals surface area contributed by atoms with E-state index in [-0.39, 0.29) is 36.4 Å². The normalized spacial score (nSPS) is 20.9. The Morgan fingerprint density at radius 1 is 1.33 bits per heavy atom. The number of nitrogens with one attached hydrogen (secondary N) is 1. The van der Waals surface area contributed by atoms with Gasteiger partial charge in [-0.05, 0) is 19.9 Å². The Labute approximate surface area is 140 Å². The second-order valence-electron chi connectivity index (χ2n) is 6.42. The van der Waals surface area contributed by atoms with E-state index in [1.54, 1.807) is 39.9 Å². The summed E-state index contributed by atoms with van der Waals surface area (Å²) < 4.78 is 3.47. The molecule has 1 aliphatic heterocycles. The Bertz CT molecular complexity index is 762. The maximum Gasteiger partial charge on any atom is 0.254 e. The van der Waals surface area contributed by atoms with E-state index in [9.17, 15) is 9.59 Å². The molecular weight excluding hydrogens is 308 g/mol. The lowest BCUT2D eigenvalue weighted by atomic mass is 10.1. The molecular formula is C16H22N6O2. The molecule has 1 N–H and O–H groups in total.